The third-order valence-electron chi connectivity index (χ3n) is 4.24. The first-order valence-corrected chi connectivity index (χ1v) is 9.24. The van der Waals surface area contributed by atoms with Crippen molar-refractivity contribution in [1.29, 1.82) is 0 Å². The normalized spacial score (nSPS) is 16.1. The van der Waals surface area contributed by atoms with Crippen LogP contribution >= 0.6 is 36.2 Å². The molecule has 0 unspecified atom stereocenters. The molecule has 0 bridgehead atoms. The first-order valence-electron chi connectivity index (χ1n) is 8.43. The summed E-state index contributed by atoms with van der Waals surface area (Å²) in [6.45, 7) is 1.83. The van der Waals surface area contributed by atoms with Crippen LogP contribution in [0.15, 0.2) is 53.1 Å². The maximum Gasteiger partial charge on any atom is 0.263 e. The number of nitrogens with zero attached hydrogens (tertiary/aromatic N) is 1. The number of nitrogens with one attached hydrogen (secondary N) is 2. The first-order chi connectivity index (χ1) is 12.3. The van der Waals surface area contributed by atoms with Gasteiger partial charge in [0.2, 0.25) is 0 Å². The number of hydrogen-bond donors (Lipinski definition) is 2. The predicted octanol–water partition coefficient (Wildman–Crippen LogP) is 4.40. The molecule has 2 aromatic heterocycles. The molecule has 0 radical (unpaired) electrons. The summed E-state index contributed by atoms with van der Waals surface area (Å²) in [6, 6.07) is 13.7. The highest BCUT2D eigenvalue weighted by atomic mass is 35.5. The lowest BCUT2D eigenvalue weighted by molar-refractivity contribution is 0.0935. The molecule has 0 aliphatic carbocycles. The number of amides is 1. The van der Waals surface area contributed by atoms with Crippen LogP contribution in [-0.2, 0) is 0 Å². The van der Waals surface area contributed by atoms with Gasteiger partial charge in [0.15, 0.2) is 10.8 Å². The molecule has 8 heteroatoms. The minimum absolute atomic E-state index is 0. The summed E-state index contributed by atoms with van der Waals surface area (Å²) in [5.74, 6) is 0.614. The second-order valence-corrected chi connectivity index (χ2v) is 7.06. The number of thiazole rings is 1. The lowest BCUT2D eigenvalue weighted by Crippen LogP contribution is -2.45. The van der Waals surface area contributed by atoms with Crippen LogP contribution in [0, 0.1) is 0 Å². The summed E-state index contributed by atoms with van der Waals surface area (Å²) in [5, 5.41) is 7.18. The van der Waals surface area contributed by atoms with Gasteiger partial charge in [-0.25, -0.2) is 4.98 Å². The Labute approximate surface area is 174 Å². The van der Waals surface area contributed by atoms with E-state index >= 15 is 0 Å². The molecule has 1 aromatic carbocycles. The second kappa shape index (κ2) is 9.90. The largest absolute Gasteiger partial charge is 0.462 e. The van der Waals surface area contributed by atoms with Gasteiger partial charge in [0.25, 0.3) is 5.91 Å². The van der Waals surface area contributed by atoms with Crippen LogP contribution in [0.1, 0.15) is 22.5 Å². The monoisotopic (exact) mass is 425 g/mol. The highest BCUT2D eigenvalue weighted by Gasteiger charge is 2.23. The van der Waals surface area contributed by atoms with E-state index in [2.05, 4.69) is 15.6 Å². The van der Waals surface area contributed by atoms with Crippen molar-refractivity contribution in [3.63, 3.8) is 0 Å². The molecule has 1 atom stereocenters. The van der Waals surface area contributed by atoms with Crippen LogP contribution in [0.3, 0.4) is 0 Å². The predicted molar refractivity (Wildman–Crippen MR) is 113 cm³/mol. The number of halogens is 2. The Kier molecular flexibility index (Phi) is 7.86. The number of carbonyl (C=O) groups excluding carboxylic acids is 1. The van der Waals surface area contributed by atoms with Gasteiger partial charge >= 0.3 is 0 Å². The van der Waals surface area contributed by atoms with E-state index in [-0.39, 0.29) is 36.8 Å². The number of piperidine rings is 1. The summed E-state index contributed by atoms with van der Waals surface area (Å²) < 4.78 is 5.46. The Balaban J connectivity index is 0.00000131. The van der Waals surface area contributed by atoms with Crippen molar-refractivity contribution in [1.82, 2.24) is 15.6 Å². The zero-order valence-corrected chi connectivity index (χ0v) is 17.0. The van der Waals surface area contributed by atoms with E-state index < -0.39 is 0 Å². The molecular weight excluding hydrogens is 405 g/mol. The highest BCUT2D eigenvalue weighted by Crippen LogP contribution is 2.34. The minimum Gasteiger partial charge on any atom is -0.462 e. The maximum absolute atomic E-state index is 12.9. The van der Waals surface area contributed by atoms with Crippen molar-refractivity contribution in [2.75, 3.05) is 13.1 Å². The Morgan fingerprint density at radius 1 is 1.19 bits per heavy atom. The molecule has 3 heterocycles. The van der Waals surface area contributed by atoms with E-state index in [1.165, 1.54) is 11.3 Å². The molecule has 1 aliphatic heterocycles. The lowest BCUT2D eigenvalue weighted by atomic mass is 10.1. The smallest absolute Gasteiger partial charge is 0.263 e. The van der Waals surface area contributed by atoms with Crippen LogP contribution in [0.25, 0.3) is 22.0 Å². The molecule has 144 valence electrons. The third-order valence-corrected chi connectivity index (χ3v) is 5.31. The molecule has 1 fully saturated rings. The number of carbonyl (C=O) groups is 1. The molecule has 27 heavy (non-hydrogen) atoms. The van der Waals surface area contributed by atoms with Gasteiger partial charge in [-0.3, -0.25) is 4.79 Å². The highest BCUT2D eigenvalue weighted by molar-refractivity contribution is 7.17. The zero-order chi connectivity index (χ0) is 17.1. The molecule has 5 nitrogen and oxygen atoms in total. The van der Waals surface area contributed by atoms with E-state index in [9.17, 15) is 4.79 Å². The summed E-state index contributed by atoms with van der Waals surface area (Å²) in [6.07, 6.45) is 3.70. The number of benzene rings is 1. The van der Waals surface area contributed by atoms with Crippen molar-refractivity contribution in [2.24, 2.45) is 0 Å². The lowest BCUT2D eigenvalue weighted by Gasteiger charge is -2.23. The van der Waals surface area contributed by atoms with E-state index in [4.69, 9.17) is 4.42 Å². The van der Waals surface area contributed by atoms with E-state index in [1.54, 1.807) is 6.26 Å². The fraction of sp³-hybridized carbons (Fsp3) is 0.263. The van der Waals surface area contributed by atoms with Gasteiger partial charge in [-0.15, -0.1) is 36.2 Å². The van der Waals surface area contributed by atoms with Crippen molar-refractivity contribution in [3.05, 3.63) is 53.6 Å². The quantitative estimate of drug-likeness (QED) is 0.649. The Hall–Kier alpha value is -1.86. The van der Waals surface area contributed by atoms with Gasteiger partial charge in [-0.05, 0) is 31.5 Å². The van der Waals surface area contributed by atoms with E-state index in [1.807, 2.05) is 42.5 Å². The Morgan fingerprint density at radius 2 is 2.00 bits per heavy atom. The molecule has 0 spiro atoms. The summed E-state index contributed by atoms with van der Waals surface area (Å²) >= 11 is 1.37. The minimum atomic E-state index is -0.0668. The van der Waals surface area contributed by atoms with Crippen LogP contribution < -0.4 is 10.6 Å². The molecule has 1 amide bonds. The van der Waals surface area contributed by atoms with Crippen LogP contribution in [0.2, 0.25) is 0 Å². The zero-order valence-electron chi connectivity index (χ0n) is 14.5. The fourth-order valence-corrected chi connectivity index (χ4v) is 3.96. The maximum atomic E-state index is 12.9. The number of rotatable bonds is 4. The molecule has 4 rings (SSSR count). The third kappa shape index (κ3) is 4.90. The van der Waals surface area contributed by atoms with Gasteiger partial charge in [0, 0.05) is 18.2 Å². The topological polar surface area (TPSA) is 67.2 Å². The Morgan fingerprint density at radius 3 is 2.67 bits per heavy atom. The van der Waals surface area contributed by atoms with E-state index in [0.29, 0.717) is 16.3 Å². The molecule has 1 aliphatic rings. The standard InChI is InChI=1S/C19H19N3O2S.2ClH/c23-18(21-14-8-4-10-20-12-14)17-16(13-6-2-1-3-7-13)22-19(25-17)15-9-5-11-24-15;;/h1-3,5-7,9,11,14,20H,4,8,10,12H2,(H,21,23);2*1H/t14-;;/m0../s1. The molecule has 3 aromatic rings. The fourth-order valence-electron chi connectivity index (χ4n) is 3.00. The van der Waals surface area contributed by atoms with Crippen molar-refractivity contribution in [2.45, 2.75) is 18.9 Å². The van der Waals surface area contributed by atoms with Crippen LogP contribution in [-0.4, -0.2) is 30.0 Å². The number of hydrogen-bond acceptors (Lipinski definition) is 5. The van der Waals surface area contributed by atoms with E-state index in [0.717, 1.165) is 36.5 Å². The SMILES string of the molecule is Cl.Cl.O=C(N[C@H]1CCCNC1)c1sc(-c2ccco2)nc1-c1ccccc1. The van der Waals surface area contributed by atoms with Crippen molar-refractivity contribution < 1.29 is 9.21 Å². The van der Waals surface area contributed by atoms with Gasteiger partial charge < -0.3 is 15.1 Å². The van der Waals surface area contributed by atoms with Crippen LogP contribution in [0.4, 0.5) is 0 Å². The van der Waals surface area contributed by atoms with Crippen molar-refractivity contribution in [3.8, 4) is 22.0 Å². The molecule has 1 saturated heterocycles. The molecular formula is C19H21Cl2N3O2S. The number of aromatic nitrogens is 1. The molecule has 2 N–H and O–H groups in total. The first kappa shape index (κ1) is 21.4. The summed E-state index contributed by atoms with van der Waals surface area (Å²) in [4.78, 5) is 18.2. The second-order valence-electron chi connectivity index (χ2n) is 6.06. The van der Waals surface area contributed by atoms with Crippen molar-refractivity contribution >= 4 is 42.1 Å². The summed E-state index contributed by atoms with van der Waals surface area (Å²) in [5.41, 5.74) is 1.64. The average Bonchev–Trinajstić information content (AvgIpc) is 3.33. The summed E-state index contributed by atoms with van der Waals surface area (Å²) in [7, 11) is 0. The Bertz CT molecular complexity index is 847. The van der Waals surface area contributed by atoms with Gasteiger partial charge in [0.05, 0.1) is 12.0 Å². The average molecular weight is 426 g/mol. The molecule has 0 saturated carbocycles. The van der Waals surface area contributed by atoms with Gasteiger partial charge in [-0.1, -0.05) is 30.3 Å². The number of furan rings is 1. The van der Waals surface area contributed by atoms with Gasteiger partial charge in [0.1, 0.15) is 4.88 Å². The van der Waals surface area contributed by atoms with Crippen LogP contribution in [0.5, 0.6) is 0 Å². The van der Waals surface area contributed by atoms with Gasteiger partial charge in [-0.2, -0.15) is 0 Å².